The molecule has 0 bridgehead atoms. The van der Waals surface area contributed by atoms with Gasteiger partial charge in [0.25, 0.3) is 0 Å². The number of carboxylic acid groups (broad SMARTS) is 1. The molecule has 8 nitrogen and oxygen atoms in total. The lowest BCUT2D eigenvalue weighted by Gasteiger charge is -2.06. The summed E-state index contributed by atoms with van der Waals surface area (Å²) >= 11 is 0. The highest BCUT2D eigenvalue weighted by Crippen LogP contribution is 2.02. The van der Waals surface area contributed by atoms with Crippen LogP contribution in [0.3, 0.4) is 0 Å². The molecule has 0 spiro atoms. The van der Waals surface area contributed by atoms with Crippen LogP contribution in [0.1, 0.15) is 43.8 Å². The van der Waals surface area contributed by atoms with E-state index >= 15 is 0 Å². The standard InChI is InChI=1S/C13H22N4O4/c1-10-16-11(17-21-10)7-9-15-13(20)14-8-5-3-2-4-6-12(18)19/h2-9H2,1H3,(H,18,19)(H2,14,15,20). The average Bonchev–Trinajstić information content (AvgIpc) is 2.83. The number of aromatic nitrogens is 2. The normalized spacial score (nSPS) is 10.3. The lowest BCUT2D eigenvalue weighted by Crippen LogP contribution is -2.37. The van der Waals surface area contributed by atoms with E-state index in [4.69, 9.17) is 9.63 Å². The number of carboxylic acids is 1. The van der Waals surface area contributed by atoms with Crippen LogP contribution in [-0.4, -0.2) is 40.3 Å². The molecule has 0 atom stereocenters. The summed E-state index contributed by atoms with van der Waals surface area (Å²) in [7, 11) is 0. The van der Waals surface area contributed by atoms with Crippen LogP contribution in [0.25, 0.3) is 0 Å². The number of hydrogen-bond acceptors (Lipinski definition) is 5. The van der Waals surface area contributed by atoms with Gasteiger partial charge in [0.2, 0.25) is 5.89 Å². The molecule has 0 aliphatic carbocycles. The average molecular weight is 298 g/mol. The van der Waals surface area contributed by atoms with Crippen molar-refractivity contribution in [2.75, 3.05) is 13.1 Å². The summed E-state index contributed by atoms with van der Waals surface area (Å²) in [6, 6.07) is -0.222. The number of hydrogen-bond donors (Lipinski definition) is 3. The minimum absolute atomic E-state index is 0.212. The van der Waals surface area contributed by atoms with Gasteiger partial charge in [0.05, 0.1) is 0 Å². The molecule has 0 unspecified atom stereocenters. The van der Waals surface area contributed by atoms with Crippen molar-refractivity contribution in [3.05, 3.63) is 11.7 Å². The summed E-state index contributed by atoms with van der Waals surface area (Å²) < 4.78 is 4.82. The van der Waals surface area contributed by atoms with Crippen LogP contribution in [0.2, 0.25) is 0 Å². The third-order valence-electron chi connectivity index (χ3n) is 2.81. The fourth-order valence-corrected chi connectivity index (χ4v) is 1.75. The first kappa shape index (κ1) is 16.9. The van der Waals surface area contributed by atoms with Crippen molar-refractivity contribution in [2.45, 2.75) is 45.4 Å². The van der Waals surface area contributed by atoms with Crippen LogP contribution >= 0.6 is 0 Å². The molecule has 21 heavy (non-hydrogen) atoms. The largest absolute Gasteiger partial charge is 0.481 e. The molecule has 0 aliphatic rings. The van der Waals surface area contributed by atoms with E-state index in [1.165, 1.54) is 0 Å². The van der Waals surface area contributed by atoms with Crippen LogP contribution in [0.5, 0.6) is 0 Å². The van der Waals surface area contributed by atoms with Crippen LogP contribution in [-0.2, 0) is 11.2 Å². The van der Waals surface area contributed by atoms with Gasteiger partial charge in [0.1, 0.15) is 0 Å². The van der Waals surface area contributed by atoms with Gasteiger partial charge < -0.3 is 20.3 Å². The summed E-state index contributed by atoms with van der Waals surface area (Å²) in [4.78, 5) is 25.8. The predicted molar refractivity (Wildman–Crippen MR) is 74.9 cm³/mol. The molecule has 0 saturated carbocycles. The number of nitrogens with zero attached hydrogens (tertiary/aromatic N) is 2. The molecule has 1 heterocycles. The minimum Gasteiger partial charge on any atom is -0.481 e. The van der Waals surface area contributed by atoms with E-state index in [1.54, 1.807) is 6.92 Å². The van der Waals surface area contributed by atoms with Gasteiger partial charge in [-0.3, -0.25) is 4.79 Å². The first-order valence-corrected chi connectivity index (χ1v) is 7.10. The Bertz CT molecular complexity index is 447. The van der Waals surface area contributed by atoms with Crippen molar-refractivity contribution in [2.24, 2.45) is 0 Å². The summed E-state index contributed by atoms with van der Waals surface area (Å²) in [5, 5.41) is 17.7. The maximum Gasteiger partial charge on any atom is 0.314 e. The van der Waals surface area contributed by atoms with Crippen LogP contribution in [0.4, 0.5) is 4.79 Å². The van der Waals surface area contributed by atoms with Crippen LogP contribution in [0, 0.1) is 6.92 Å². The molecule has 0 aliphatic heterocycles. The Morgan fingerprint density at radius 2 is 1.86 bits per heavy atom. The molecule has 3 N–H and O–H groups in total. The van der Waals surface area contributed by atoms with Crippen molar-refractivity contribution in [3.8, 4) is 0 Å². The lowest BCUT2D eigenvalue weighted by atomic mass is 10.1. The van der Waals surface area contributed by atoms with E-state index in [0.717, 1.165) is 19.3 Å². The summed E-state index contributed by atoms with van der Waals surface area (Å²) in [6.07, 6.45) is 4.05. The highest BCUT2D eigenvalue weighted by atomic mass is 16.5. The highest BCUT2D eigenvalue weighted by Gasteiger charge is 2.03. The Hall–Kier alpha value is -2.12. The second-order valence-electron chi connectivity index (χ2n) is 4.72. The molecular weight excluding hydrogens is 276 g/mol. The third-order valence-corrected chi connectivity index (χ3v) is 2.81. The van der Waals surface area contributed by atoms with Gasteiger partial charge in [-0.2, -0.15) is 4.98 Å². The van der Waals surface area contributed by atoms with Gasteiger partial charge in [-0.1, -0.05) is 18.0 Å². The number of urea groups is 1. The van der Waals surface area contributed by atoms with Crippen molar-refractivity contribution in [3.63, 3.8) is 0 Å². The Morgan fingerprint density at radius 3 is 2.52 bits per heavy atom. The van der Waals surface area contributed by atoms with Gasteiger partial charge >= 0.3 is 12.0 Å². The number of amides is 2. The number of nitrogens with one attached hydrogen (secondary N) is 2. The lowest BCUT2D eigenvalue weighted by molar-refractivity contribution is -0.137. The van der Waals surface area contributed by atoms with Gasteiger partial charge in [-0.25, -0.2) is 4.79 Å². The van der Waals surface area contributed by atoms with Crippen LogP contribution < -0.4 is 10.6 Å². The third kappa shape index (κ3) is 8.61. The molecule has 118 valence electrons. The maximum atomic E-state index is 11.5. The minimum atomic E-state index is -0.760. The van der Waals surface area contributed by atoms with Crippen LogP contribution in [0.15, 0.2) is 4.52 Å². The number of unbranched alkanes of at least 4 members (excludes halogenated alkanes) is 3. The second-order valence-corrected chi connectivity index (χ2v) is 4.72. The Kier molecular flexibility index (Phi) is 7.85. The van der Waals surface area contributed by atoms with E-state index in [1.807, 2.05) is 0 Å². The van der Waals surface area contributed by atoms with Gasteiger partial charge in [0, 0.05) is 32.9 Å². The van der Waals surface area contributed by atoms with Gasteiger partial charge in [-0.05, 0) is 12.8 Å². The van der Waals surface area contributed by atoms with Crippen molar-refractivity contribution in [1.29, 1.82) is 0 Å². The number of aryl methyl sites for hydroxylation is 1. The molecule has 0 radical (unpaired) electrons. The van der Waals surface area contributed by atoms with Gasteiger partial charge in [-0.15, -0.1) is 0 Å². The number of aliphatic carboxylic acids is 1. The zero-order chi connectivity index (χ0) is 15.5. The molecule has 0 fully saturated rings. The highest BCUT2D eigenvalue weighted by molar-refractivity contribution is 5.73. The molecule has 1 rings (SSSR count). The fourth-order valence-electron chi connectivity index (χ4n) is 1.75. The quantitative estimate of drug-likeness (QED) is 0.560. The molecule has 8 heteroatoms. The van der Waals surface area contributed by atoms with Crippen molar-refractivity contribution >= 4 is 12.0 Å². The molecule has 1 aromatic heterocycles. The van der Waals surface area contributed by atoms with E-state index < -0.39 is 5.97 Å². The topological polar surface area (TPSA) is 117 Å². The summed E-state index contributed by atoms with van der Waals surface area (Å²) in [5.41, 5.74) is 0. The van der Waals surface area contributed by atoms with Gasteiger partial charge in [0.15, 0.2) is 5.82 Å². The monoisotopic (exact) mass is 298 g/mol. The number of carbonyl (C=O) groups excluding carboxylic acids is 1. The Balaban J connectivity index is 1.93. The van der Waals surface area contributed by atoms with E-state index in [0.29, 0.717) is 37.6 Å². The first-order chi connectivity index (χ1) is 10.1. The molecular formula is C13H22N4O4. The zero-order valence-electron chi connectivity index (χ0n) is 12.2. The molecule has 2 amide bonds. The maximum absolute atomic E-state index is 11.5. The predicted octanol–water partition coefficient (Wildman–Crippen LogP) is 1.25. The van der Waals surface area contributed by atoms with Crippen molar-refractivity contribution in [1.82, 2.24) is 20.8 Å². The molecule has 0 aromatic carbocycles. The Labute approximate surface area is 123 Å². The summed E-state index contributed by atoms with van der Waals surface area (Å²) in [6.45, 7) is 2.75. The molecule has 0 saturated heterocycles. The van der Waals surface area contributed by atoms with E-state index in [9.17, 15) is 9.59 Å². The summed E-state index contributed by atoms with van der Waals surface area (Å²) in [5.74, 6) is 0.327. The second kappa shape index (κ2) is 9.73. The SMILES string of the molecule is Cc1nc(CCNC(=O)NCCCCCCC(=O)O)no1. The Morgan fingerprint density at radius 1 is 1.14 bits per heavy atom. The fraction of sp³-hybridized carbons (Fsp3) is 0.692. The molecule has 1 aromatic rings. The first-order valence-electron chi connectivity index (χ1n) is 7.10. The van der Waals surface area contributed by atoms with E-state index in [2.05, 4.69) is 20.8 Å². The number of rotatable bonds is 10. The van der Waals surface area contributed by atoms with E-state index in [-0.39, 0.29) is 12.5 Å². The number of carbonyl (C=O) groups is 2. The smallest absolute Gasteiger partial charge is 0.314 e. The zero-order valence-corrected chi connectivity index (χ0v) is 12.2. The van der Waals surface area contributed by atoms with Crippen molar-refractivity contribution < 1.29 is 19.2 Å².